The first kappa shape index (κ1) is 15.1. The van der Waals surface area contributed by atoms with Crippen LogP contribution in [0.25, 0.3) is 0 Å². The Labute approximate surface area is 120 Å². The molecule has 8 nitrogen and oxygen atoms in total. The quantitative estimate of drug-likeness (QED) is 0.596. The molecule has 0 aromatic heterocycles. The summed E-state index contributed by atoms with van der Waals surface area (Å²) in [6.45, 7) is 0.642. The molecule has 0 saturated carbocycles. The molecule has 2 amide bonds. The number of ether oxygens (including phenoxy) is 1. The number of amides is 2. The fourth-order valence-corrected chi connectivity index (χ4v) is 2.08. The van der Waals surface area contributed by atoms with Crippen LogP contribution in [0.1, 0.15) is 10.4 Å². The van der Waals surface area contributed by atoms with Crippen molar-refractivity contribution < 1.29 is 29.6 Å². The number of nitrogens with one attached hydrogen (secondary N) is 1. The van der Waals surface area contributed by atoms with Crippen molar-refractivity contribution in [3.05, 3.63) is 23.8 Å². The van der Waals surface area contributed by atoms with Crippen molar-refractivity contribution in [3.8, 4) is 5.75 Å². The molecule has 8 heteroatoms. The van der Waals surface area contributed by atoms with Crippen molar-refractivity contribution in [2.45, 2.75) is 6.04 Å². The highest BCUT2D eigenvalue weighted by molar-refractivity contribution is 6.00. The van der Waals surface area contributed by atoms with Gasteiger partial charge in [-0.15, -0.1) is 0 Å². The normalized spacial score (nSPS) is 18.3. The highest BCUT2D eigenvalue weighted by Crippen LogP contribution is 2.22. The molecule has 1 aromatic rings. The smallest absolute Gasteiger partial charge is 0.337 e. The Kier molecular flexibility index (Phi) is 4.61. The molecule has 0 aliphatic carbocycles. The van der Waals surface area contributed by atoms with E-state index in [0.717, 1.165) is 6.07 Å². The van der Waals surface area contributed by atoms with E-state index in [-0.39, 0.29) is 30.2 Å². The van der Waals surface area contributed by atoms with Crippen LogP contribution >= 0.6 is 0 Å². The van der Waals surface area contributed by atoms with E-state index in [0.29, 0.717) is 13.2 Å². The Balaban J connectivity index is 2.17. The van der Waals surface area contributed by atoms with Gasteiger partial charge in [0.2, 0.25) is 0 Å². The summed E-state index contributed by atoms with van der Waals surface area (Å²) in [5.41, 5.74) is -0.134. The van der Waals surface area contributed by atoms with Gasteiger partial charge in [-0.3, -0.25) is 0 Å². The first-order valence-electron chi connectivity index (χ1n) is 6.35. The fraction of sp³-hybridized carbons (Fsp3) is 0.385. The third kappa shape index (κ3) is 3.41. The average Bonchev–Trinajstić information content (AvgIpc) is 2.48. The molecule has 0 bridgehead atoms. The molecular formula is C13H16N2O6. The van der Waals surface area contributed by atoms with E-state index in [4.69, 9.17) is 9.84 Å². The lowest BCUT2D eigenvalue weighted by Crippen LogP contribution is -2.52. The van der Waals surface area contributed by atoms with Crippen LogP contribution in [-0.4, -0.2) is 64.6 Å². The van der Waals surface area contributed by atoms with Gasteiger partial charge in [-0.2, -0.15) is 0 Å². The zero-order valence-corrected chi connectivity index (χ0v) is 11.2. The lowest BCUT2D eigenvalue weighted by atomic mass is 10.1. The molecule has 1 fully saturated rings. The van der Waals surface area contributed by atoms with Crippen molar-refractivity contribution in [2.75, 3.05) is 31.7 Å². The summed E-state index contributed by atoms with van der Waals surface area (Å²) in [6.07, 6.45) is 0. The van der Waals surface area contributed by atoms with Crippen molar-refractivity contribution in [1.82, 2.24) is 4.90 Å². The maximum absolute atomic E-state index is 12.2. The third-order valence-electron chi connectivity index (χ3n) is 3.17. The molecular weight excluding hydrogens is 280 g/mol. The number of anilines is 1. The highest BCUT2D eigenvalue weighted by Gasteiger charge is 2.27. The molecule has 114 valence electrons. The van der Waals surface area contributed by atoms with Crippen LogP contribution in [0.4, 0.5) is 10.5 Å². The van der Waals surface area contributed by atoms with E-state index in [1.54, 1.807) is 0 Å². The van der Waals surface area contributed by atoms with Gasteiger partial charge in [0.1, 0.15) is 5.75 Å². The van der Waals surface area contributed by atoms with Crippen LogP contribution < -0.4 is 5.32 Å². The minimum Gasteiger partial charge on any atom is -0.508 e. The number of carbonyl (C=O) groups is 2. The summed E-state index contributed by atoms with van der Waals surface area (Å²) >= 11 is 0. The van der Waals surface area contributed by atoms with Gasteiger partial charge in [0, 0.05) is 6.54 Å². The van der Waals surface area contributed by atoms with Gasteiger partial charge in [-0.05, 0) is 18.2 Å². The molecule has 1 aromatic carbocycles. The summed E-state index contributed by atoms with van der Waals surface area (Å²) in [4.78, 5) is 24.7. The molecule has 0 spiro atoms. The van der Waals surface area contributed by atoms with Gasteiger partial charge in [0.25, 0.3) is 0 Å². The van der Waals surface area contributed by atoms with Crippen molar-refractivity contribution in [3.63, 3.8) is 0 Å². The van der Waals surface area contributed by atoms with Gasteiger partial charge in [-0.1, -0.05) is 0 Å². The molecule has 1 aliphatic heterocycles. The first-order valence-corrected chi connectivity index (χ1v) is 6.35. The number of hydrogen-bond donors (Lipinski definition) is 4. The summed E-state index contributed by atoms with van der Waals surface area (Å²) in [6, 6.07) is 2.66. The largest absolute Gasteiger partial charge is 0.508 e. The maximum atomic E-state index is 12.2. The number of benzene rings is 1. The minimum absolute atomic E-state index is 0.0773. The monoisotopic (exact) mass is 296 g/mol. The number of rotatable bonds is 3. The lowest BCUT2D eigenvalue weighted by molar-refractivity contribution is -0.00485. The van der Waals surface area contributed by atoms with E-state index in [1.807, 2.05) is 0 Å². The van der Waals surface area contributed by atoms with E-state index < -0.39 is 18.0 Å². The topological polar surface area (TPSA) is 119 Å². The molecule has 21 heavy (non-hydrogen) atoms. The SMILES string of the molecule is O=C(O)c1cc(O)ccc1NC(=O)N1CCOCC1CO. The van der Waals surface area contributed by atoms with Crippen LogP contribution in [0.15, 0.2) is 18.2 Å². The van der Waals surface area contributed by atoms with Gasteiger partial charge in [0.05, 0.1) is 37.1 Å². The summed E-state index contributed by atoms with van der Waals surface area (Å²) in [5, 5.41) is 30.1. The van der Waals surface area contributed by atoms with Crippen LogP contribution in [0, 0.1) is 0 Å². The summed E-state index contributed by atoms with van der Waals surface area (Å²) in [7, 11) is 0. The minimum atomic E-state index is -1.26. The van der Waals surface area contributed by atoms with Gasteiger partial charge in [0.15, 0.2) is 0 Å². The second kappa shape index (κ2) is 6.42. The van der Waals surface area contributed by atoms with E-state index in [2.05, 4.69) is 5.32 Å². The molecule has 1 aliphatic rings. The molecule has 1 heterocycles. The number of hydrogen-bond acceptors (Lipinski definition) is 5. The average molecular weight is 296 g/mol. The third-order valence-corrected chi connectivity index (χ3v) is 3.17. The molecule has 1 atom stereocenters. The number of nitrogens with zero attached hydrogens (tertiary/aromatic N) is 1. The number of carbonyl (C=O) groups excluding carboxylic acids is 1. The van der Waals surface area contributed by atoms with Crippen LogP contribution in [0.5, 0.6) is 5.75 Å². The second-order valence-corrected chi connectivity index (χ2v) is 4.57. The van der Waals surface area contributed by atoms with Crippen LogP contribution in [0.3, 0.4) is 0 Å². The first-order chi connectivity index (χ1) is 10.0. The maximum Gasteiger partial charge on any atom is 0.337 e. The number of phenolic OH excluding ortho intramolecular Hbond substituents is 1. The Morgan fingerprint density at radius 2 is 2.19 bits per heavy atom. The number of aliphatic hydroxyl groups excluding tert-OH is 1. The number of morpholine rings is 1. The molecule has 4 N–H and O–H groups in total. The molecule has 1 saturated heterocycles. The number of carboxylic acid groups (broad SMARTS) is 1. The van der Waals surface area contributed by atoms with Crippen molar-refractivity contribution >= 4 is 17.7 Å². The van der Waals surface area contributed by atoms with E-state index in [1.165, 1.54) is 17.0 Å². The fourth-order valence-electron chi connectivity index (χ4n) is 2.08. The van der Waals surface area contributed by atoms with Gasteiger partial charge >= 0.3 is 12.0 Å². The number of phenols is 1. The van der Waals surface area contributed by atoms with Crippen LogP contribution in [-0.2, 0) is 4.74 Å². The number of carboxylic acids is 1. The summed E-state index contributed by atoms with van der Waals surface area (Å²) < 4.78 is 5.17. The molecule has 0 radical (unpaired) electrons. The number of urea groups is 1. The van der Waals surface area contributed by atoms with E-state index in [9.17, 15) is 19.8 Å². The van der Waals surface area contributed by atoms with Crippen LogP contribution in [0.2, 0.25) is 0 Å². The number of aromatic hydroxyl groups is 1. The Morgan fingerprint density at radius 1 is 1.43 bits per heavy atom. The van der Waals surface area contributed by atoms with Gasteiger partial charge < -0.3 is 30.3 Å². The van der Waals surface area contributed by atoms with Gasteiger partial charge in [-0.25, -0.2) is 9.59 Å². The predicted octanol–water partition coefficient (Wildman–Crippen LogP) is 0.315. The zero-order valence-electron chi connectivity index (χ0n) is 11.2. The number of aromatic carboxylic acids is 1. The Bertz CT molecular complexity index is 547. The lowest BCUT2D eigenvalue weighted by Gasteiger charge is -2.34. The number of aliphatic hydroxyl groups is 1. The highest BCUT2D eigenvalue weighted by atomic mass is 16.5. The molecule has 1 unspecified atom stereocenters. The second-order valence-electron chi connectivity index (χ2n) is 4.57. The molecule has 2 rings (SSSR count). The Morgan fingerprint density at radius 3 is 2.86 bits per heavy atom. The van der Waals surface area contributed by atoms with Crippen molar-refractivity contribution in [2.24, 2.45) is 0 Å². The summed E-state index contributed by atoms with van der Waals surface area (Å²) in [5.74, 6) is -1.47. The van der Waals surface area contributed by atoms with Crippen molar-refractivity contribution in [1.29, 1.82) is 0 Å². The zero-order chi connectivity index (χ0) is 15.4. The standard InChI is InChI=1S/C13H16N2O6/c16-6-8-7-21-4-3-15(8)13(20)14-11-2-1-9(17)5-10(11)12(18)19/h1-2,5,8,16-17H,3-4,6-7H2,(H,14,20)(H,18,19). The predicted molar refractivity (Wildman–Crippen MR) is 72.5 cm³/mol. The van der Waals surface area contributed by atoms with E-state index >= 15 is 0 Å². The Hall–Kier alpha value is -2.32.